The number of benzene rings is 1. The van der Waals surface area contributed by atoms with Crippen molar-refractivity contribution in [1.82, 2.24) is 19.9 Å². The summed E-state index contributed by atoms with van der Waals surface area (Å²) in [4.78, 5) is 27.7. The van der Waals surface area contributed by atoms with E-state index in [1.54, 1.807) is 12.1 Å². The highest BCUT2D eigenvalue weighted by molar-refractivity contribution is 7.99. The van der Waals surface area contributed by atoms with Gasteiger partial charge in [0.15, 0.2) is 5.16 Å². The minimum absolute atomic E-state index is 0.220. The lowest BCUT2D eigenvalue weighted by Crippen LogP contribution is -2.05. The molecule has 24 heavy (non-hydrogen) atoms. The van der Waals surface area contributed by atoms with Crippen molar-refractivity contribution in [2.24, 2.45) is 0 Å². The van der Waals surface area contributed by atoms with E-state index < -0.39 is 0 Å². The monoisotopic (exact) mass is 356 g/mol. The van der Waals surface area contributed by atoms with Gasteiger partial charge in [-0.3, -0.25) is 4.79 Å². The Bertz CT molecular complexity index is 1080. The summed E-state index contributed by atoms with van der Waals surface area (Å²) in [6, 6.07) is 7.65. The Morgan fingerprint density at radius 3 is 2.71 bits per heavy atom. The Hall–Kier alpha value is -2.58. The highest BCUT2D eigenvalue weighted by atomic mass is 32.2. The molecule has 4 rings (SSSR count). The zero-order valence-electron chi connectivity index (χ0n) is 12.1. The van der Waals surface area contributed by atoms with E-state index in [4.69, 9.17) is 0 Å². The molecule has 5 nitrogen and oxygen atoms in total. The Morgan fingerprint density at radius 2 is 1.92 bits per heavy atom. The van der Waals surface area contributed by atoms with Gasteiger partial charge in [0.1, 0.15) is 22.0 Å². The van der Waals surface area contributed by atoms with Crippen LogP contribution in [0.2, 0.25) is 0 Å². The lowest BCUT2D eigenvalue weighted by Gasteiger charge is -2.04. The van der Waals surface area contributed by atoms with Crippen molar-refractivity contribution in [1.29, 1.82) is 0 Å². The Morgan fingerprint density at radius 1 is 1.08 bits per heavy atom. The quantitative estimate of drug-likeness (QED) is 0.447. The van der Waals surface area contributed by atoms with Gasteiger partial charge in [-0.05, 0) is 29.5 Å². The van der Waals surface area contributed by atoms with Crippen molar-refractivity contribution >= 4 is 33.3 Å². The van der Waals surface area contributed by atoms with Gasteiger partial charge in [-0.2, -0.15) is 0 Å². The van der Waals surface area contributed by atoms with Gasteiger partial charge in [-0.15, -0.1) is 11.3 Å². The molecular formula is C16H9FN4OS2. The average molecular weight is 356 g/mol. The van der Waals surface area contributed by atoms with Crippen molar-refractivity contribution in [3.05, 3.63) is 64.4 Å². The lowest BCUT2D eigenvalue weighted by molar-refractivity contribution is 0.628. The third-order valence-electron chi connectivity index (χ3n) is 3.33. The molecular weight excluding hydrogens is 347 g/mol. The summed E-state index contributed by atoms with van der Waals surface area (Å²) in [6.07, 6.45) is 2.94. The third kappa shape index (κ3) is 2.81. The van der Waals surface area contributed by atoms with Crippen LogP contribution in [0.15, 0.2) is 63.2 Å². The Labute approximate surface area is 143 Å². The topological polar surface area (TPSA) is 71.5 Å². The molecule has 4 aromatic rings. The molecule has 118 valence electrons. The lowest BCUT2D eigenvalue weighted by atomic mass is 10.1. The number of nitrogens with zero attached hydrogens (tertiary/aromatic N) is 3. The molecule has 0 atom stereocenters. The number of hydrogen-bond acceptors (Lipinski definition) is 6. The van der Waals surface area contributed by atoms with Gasteiger partial charge < -0.3 is 4.98 Å². The van der Waals surface area contributed by atoms with E-state index in [0.29, 0.717) is 10.2 Å². The van der Waals surface area contributed by atoms with E-state index in [1.165, 1.54) is 53.8 Å². The molecule has 3 heterocycles. The van der Waals surface area contributed by atoms with Crippen LogP contribution in [0.5, 0.6) is 0 Å². The summed E-state index contributed by atoms with van der Waals surface area (Å²) in [6.45, 7) is 0. The first-order chi connectivity index (χ1) is 11.7. The molecule has 0 amide bonds. The predicted octanol–water partition coefficient (Wildman–Crippen LogP) is 3.73. The van der Waals surface area contributed by atoms with E-state index in [-0.39, 0.29) is 11.4 Å². The fourth-order valence-electron chi connectivity index (χ4n) is 2.26. The molecule has 3 aromatic heterocycles. The first kappa shape index (κ1) is 15.0. The van der Waals surface area contributed by atoms with Crippen molar-refractivity contribution in [3.8, 4) is 11.1 Å². The van der Waals surface area contributed by atoms with Crippen LogP contribution < -0.4 is 5.56 Å². The van der Waals surface area contributed by atoms with Crippen molar-refractivity contribution < 1.29 is 4.39 Å². The van der Waals surface area contributed by atoms with Crippen LogP contribution in [-0.2, 0) is 0 Å². The third-order valence-corrected chi connectivity index (χ3v) is 5.12. The summed E-state index contributed by atoms with van der Waals surface area (Å²) in [5.41, 5.74) is 1.59. The van der Waals surface area contributed by atoms with E-state index in [1.807, 2.05) is 5.38 Å². The van der Waals surface area contributed by atoms with Crippen molar-refractivity contribution in [2.45, 2.75) is 10.2 Å². The predicted molar refractivity (Wildman–Crippen MR) is 91.8 cm³/mol. The van der Waals surface area contributed by atoms with Crippen LogP contribution in [0.25, 0.3) is 21.3 Å². The number of H-pyrrole nitrogens is 1. The van der Waals surface area contributed by atoms with E-state index in [0.717, 1.165) is 21.3 Å². The van der Waals surface area contributed by atoms with Crippen LogP contribution in [0, 0.1) is 5.82 Å². The van der Waals surface area contributed by atoms with Gasteiger partial charge in [0.25, 0.3) is 5.56 Å². The molecule has 0 saturated carbocycles. The zero-order chi connectivity index (χ0) is 16.5. The molecule has 0 aliphatic heterocycles. The standard InChI is InChI=1S/C16H9FN4OS2/c17-10-3-1-9(2-4-10)11-7-23-14-13(11)15(20-8-19-14)24-16-18-6-5-12(22)21-16/h1-8H,(H,18,21,22). The smallest absolute Gasteiger partial charge is 0.251 e. The molecule has 0 aliphatic carbocycles. The van der Waals surface area contributed by atoms with Crippen molar-refractivity contribution in [3.63, 3.8) is 0 Å². The Kier molecular flexibility index (Phi) is 3.83. The van der Waals surface area contributed by atoms with E-state index in [2.05, 4.69) is 19.9 Å². The second-order valence-corrected chi connectivity index (χ2v) is 6.69. The second kappa shape index (κ2) is 6.14. The van der Waals surface area contributed by atoms with Crippen LogP contribution >= 0.6 is 23.1 Å². The number of aromatic amines is 1. The molecule has 1 aromatic carbocycles. The summed E-state index contributed by atoms with van der Waals surface area (Å²) < 4.78 is 13.2. The molecule has 0 aliphatic rings. The first-order valence-corrected chi connectivity index (χ1v) is 8.61. The molecule has 0 spiro atoms. The van der Waals surface area contributed by atoms with Crippen LogP contribution in [-0.4, -0.2) is 19.9 Å². The minimum Gasteiger partial charge on any atom is -0.301 e. The summed E-state index contributed by atoms with van der Waals surface area (Å²) in [5.74, 6) is -0.282. The normalized spacial score (nSPS) is 11.0. The second-order valence-electron chi connectivity index (χ2n) is 4.86. The maximum absolute atomic E-state index is 13.2. The Balaban J connectivity index is 1.85. The van der Waals surface area contributed by atoms with E-state index in [9.17, 15) is 9.18 Å². The van der Waals surface area contributed by atoms with Gasteiger partial charge in [-0.25, -0.2) is 19.3 Å². The van der Waals surface area contributed by atoms with Gasteiger partial charge in [0.05, 0.1) is 5.39 Å². The number of rotatable bonds is 3. The number of halogens is 1. The molecule has 0 bridgehead atoms. The maximum Gasteiger partial charge on any atom is 0.251 e. The molecule has 0 saturated heterocycles. The molecule has 1 N–H and O–H groups in total. The maximum atomic E-state index is 13.2. The summed E-state index contributed by atoms with van der Waals surface area (Å²) >= 11 is 2.75. The van der Waals surface area contributed by atoms with Gasteiger partial charge in [-0.1, -0.05) is 12.1 Å². The minimum atomic E-state index is -0.282. The number of fused-ring (bicyclic) bond motifs is 1. The SMILES string of the molecule is O=c1ccnc(Sc2ncnc3scc(-c4ccc(F)cc4)c23)[nH]1. The molecule has 0 radical (unpaired) electrons. The number of nitrogens with one attached hydrogen (secondary N) is 1. The van der Waals surface area contributed by atoms with Crippen molar-refractivity contribution in [2.75, 3.05) is 0 Å². The van der Waals surface area contributed by atoms with E-state index >= 15 is 0 Å². The highest BCUT2D eigenvalue weighted by Crippen LogP contribution is 2.39. The van der Waals surface area contributed by atoms with Gasteiger partial charge in [0.2, 0.25) is 0 Å². The van der Waals surface area contributed by atoms with Crippen LogP contribution in [0.1, 0.15) is 0 Å². The van der Waals surface area contributed by atoms with Crippen LogP contribution in [0.3, 0.4) is 0 Å². The fourth-order valence-corrected chi connectivity index (χ4v) is 4.10. The summed E-state index contributed by atoms with van der Waals surface area (Å²) in [5, 5.41) is 3.98. The molecule has 0 unspecified atom stereocenters. The number of hydrogen-bond donors (Lipinski definition) is 1. The average Bonchev–Trinajstić information content (AvgIpc) is 3.01. The van der Waals surface area contributed by atoms with Crippen LogP contribution in [0.4, 0.5) is 4.39 Å². The molecule has 8 heteroatoms. The van der Waals surface area contributed by atoms with Gasteiger partial charge >= 0.3 is 0 Å². The fraction of sp³-hybridized carbons (Fsp3) is 0. The largest absolute Gasteiger partial charge is 0.301 e. The number of aromatic nitrogens is 4. The van der Waals surface area contributed by atoms with Gasteiger partial charge in [0, 0.05) is 23.2 Å². The highest BCUT2D eigenvalue weighted by Gasteiger charge is 2.15. The first-order valence-electron chi connectivity index (χ1n) is 6.92. The number of thiophene rings is 1. The summed E-state index contributed by atoms with van der Waals surface area (Å²) in [7, 11) is 0. The zero-order valence-corrected chi connectivity index (χ0v) is 13.7. The molecule has 0 fully saturated rings.